The zero-order chi connectivity index (χ0) is 14.3. The second kappa shape index (κ2) is 4.86. The number of allylic oxidation sites excluding steroid dienone is 2. The molecular formula is C14H11BrFN3O. The minimum Gasteiger partial charge on any atom is -0.343 e. The summed E-state index contributed by atoms with van der Waals surface area (Å²) >= 11 is 3.42. The van der Waals surface area contributed by atoms with Crippen LogP contribution in [0.2, 0.25) is 0 Å². The number of aldehydes is 1. The Morgan fingerprint density at radius 3 is 2.75 bits per heavy atom. The predicted molar refractivity (Wildman–Crippen MR) is 76.9 cm³/mol. The highest BCUT2D eigenvalue weighted by atomic mass is 79.9. The van der Waals surface area contributed by atoms with Gasteiger partial charge in [0.1, 0.15) is 24.0 Å². The molecule has 2 aromatic rings. The van der Waals surface area contributed by atoms with Gasteiger partial charge in [0.15, 0.2) is 0 Å². The van der Waals surface area contributed by atoms with Crippen LogP contribution in [-0.4, -0.2) is 16.1 Å². The van der Waals surface area contributed by atoms with Crippen molar-refractivity contribution in [3.63, 3.8) is 0 Å². The quantitative estimate of drug-likeness (QED) is 0.857. The van der Waals surface area contributed by atoms with Crippen LogP contribution in [0, 0.1) is 5.82 Å². The van der Waals surface area contributed by atoms with Crippen molar-refractivity contribution < 1.29 is 9.18 Å². The predicted octanol–water partition coefficient (Wildman–Crippen LogP) is 3.27. The van der Waals surface area contributed by atoms with Crippen molar-refractivity contribution in [2.45, 2.75) is 13.0 Å². The summed E-state index contributed by atoms with van der Waals surface area (Å²) in [5.74, 6) is 0.473. The number of carbonyl (C=O) groups is 1. The number of benzene rings is 1. The fourth-order valence-electron chi connectivity index (χ4n) is 2.36. The molecule has 1 aromatic carbocycles. The smallest absolute Gasteiger partial charge is 0.150 e. The summed E-state index contributed by atoms with van der Waals surface area (Å²) in [6, 6.07) is 5.75. The zero-order valence-corrected chi connectivity index (χ0v) is 12.2. The van der Waals surface area contributed by atoms with E-state index in [-0.39, 0.29) is 11.9 Å². The van der Waals surface area contributed by atoms with E-state index in [2.05, 4.69) is 26.3 Å². The first-order valence-corrected chi connectivity index (χ1v) is 6.82. The second-order valence-corrected chi connectivity index (χ2v) is 5.42. The lowest BCUT2D eigenvalue weighted by atomic mass is 9.96. The molecular weight excluding hydrogens is 325 g/mol. The average molecular weight is 336 g/mol. The molecule has 1 aliphatic heterocycles. The van der Waals surface area contributed by atoms with Crippen LogP contribution in [0.25, 0.3) is 0 Å². The third-order valence-corrected chi connectivity index (χ3v) is 3.92. The maximum absolute atomic E-state index is 13.1. The molecule has 0 radical (unpaired) electrons. The summed E-state index contributed by atoms with van der Waals surface area (Å²) in [6.45, 7) is 1.84. The van der Waals surface area contributed by atoms with Crippen LogP contribution < -0.4 is 5.32 Å². The Kier molecular flexibility index (Phi) is 3.17. The van der Waals surface area contributed by atoms with Crippen molar-refractivity contribution in [3.05, 3.63) is 57.6 Å². The number of hydrogen-bond donors (Lipinski definition) is 1. The fraction of sp³-hybridized carbons (Fsp3) is 0.143. The number of aromatic nitrogens is 2. The van der Waals surface area contributed by atoms with Gasteiger partial charge in [0.05, 0.1) is 10.7 Å². The largest absolute Gasteiger partial charge is 0.343 e. The van der Waals surface area contributed by atoms with E-state index in [9.17, 15) is 9.18 Å². The molecule has 6 heteroatoms. The maximum atomic E-state index is 13.1. The molecule has 2 heterocycles. The van der Waals surface area contributed by atoms with Crippen LogP contribution in [0.5, 0.6) is 0 Å². The van der Waals surface area contributed by atoms with Gasteiger partial charge < -0.3 is 5.32 Å². The molecule has 0 saturated heterocycles. The Labute approximate surface area is 123 Å². The molecule has 0 bridgehead atoms. The van der Waals surface area contributed by atoms with Gasteiger partial charge in [-0.2, -0.15) is 5.10 Å². The topological polar surface area (TPSA) is 46.9 Å². The van der Waals surface area contributed by atoms with E-state index in [0.717, 1.165) is 27.8 Å². The molecule has 102 valence electrons. The van der Waals surface area contributed by atoms with E-state index in [4.69, 9.17) is 0 Å². The van der Waals surface area contributed by atoms with Crippen molar-refractivity contribution in [3.8, 4) is 0 Å². The molecule has 1 aromatic heterocycles. The van der Waals surface area contributed by atoms with Gasteiger partial charge in [-0.25, -0.2) is 9.07 Å². The lowest BCUT2D eigenvalue weighted by Crippen LogP contribution is -2.25. The van der Waals surface area contributed by atoms with Crippen LogP contribution in [0.3, 0.4) is 0 Å². The van der Waals surface area contributed by atoms with Gasteiger partial charge in [0, 0.05) is 11.3 Å². The number of nitrogens with zero attached hydrogens (tertiary/aromatic N) is 2. The third-order valence-electron chi connectivity index (χ3n) is 3.34. The van der Waals surface area contributed by atoms with Gasteiger partial charge in [-0.05, 0) is 40.5 Å². The number of halogens is 2. The van der Waals surface area contributed by atoms with Crippen molar-refractivity contribution in [1.82, 2.24) is 9.78 Å². The van der Waals surface area contributed by atoms with Crippen LogP contribution >= 0.6 is 15.9 Å². The molecule has 20 heavy (non-hydrogen) atoms. The Balaban J connectivity index is 2.19. The Morgan fingerprint density at radius 2 is 2.10 bits per heavy atom. The van der Waals surface area contributed by atoms with E-state index in [1.54, 1.807) is 23.0 Å². The van der Waals surface area contributed by atoms with Gasteiger partial charge in [-0.15, -0.1) is 0 Å². The SMILES string of the molecule is CC1=C(C=O)C(c2ccc(F)cc2)n2ncc(Br)c2N1. The van der Waals surface area contributed by atoms with Crippen molar-refractivity contribution >= 4 is 28.0 Å². The Morgan fingerprint density at radius 1 is 1.40 bits per heavy atom. The summed E-state index contributed by atoms with van der Waals surface area (Å²) in [6.07, 6.45) is 2.48. The highest BCUT2D eigenvalue weighted by Crippen LogP contribution is 2.37. The molecule has 4 nitrogen and oxygen atoms in total. The number of anilines is 1. The number of carbonyl (C=O) groups excluding carboxylic acids is 1. The standard InChI is InChI=1S/C14H11BrFN3O/c1-8-11(7-20)13(9-2-4-10(16)5-3-9)19-14(18-8)12(15)6-17-19/h2-7,13,18H,1H3. The minimum absolute atomic E-state index is 0.307. The van der Waals surface area contributed by atoms with Gasteiger partial charge in [-0.3, -0.25) is 4.79 Å². The lowest BCUT2D eigenvalue weighted by molar-refractivity contribution is -0.105. The zero-order valence-electron chi connectivity index (χ0n) is 10.6. The highest BCUT2D eigenvalue weighted by Gasteiger charge is 2.29. The van der Waals surface area contributed by atoms with E-state index >= 15 is 0 Å². The lowest BCUT2D eigenvalue weighted by Gasteiger charge is -2.28. The molecule has 1 N–H and O–H groups in total. The Hall–Kier alpha value is -1.95. The second-order valence-electron chi connectivity index (χ2n) is 4.56. The molecule has 0 spiro atoms. The number of rotatable bonds is 2. The number of nitrogens with one attached hydrogen (secondary N) is 1. The van der Waals surface area contributed by atoms with Crippen molar-refractivity contribution in [2.75, 3.05) is 5.32 Å². The average Bonchev–Trinajstić information content (AvgIpc) is 2.80. The van der Waals surface area contributed by atoms with Crippen LogP contribution in [0.4, 0.5) is 10.2 Å². The molecule has 1 atom stereocenters. The van der Waals surface area contributed by atoms with E-state index in [0.29, 0.717) is 5.57 Å². The summed E-state index contributed by atoms with van der Waals surface area (Å²) in [5, 5.41) is 7.44. The normalized spacial score (nSPS) is 17.6. The van der Waals surface area contributed by atoms with Gasteiger partial charge in [0.2, 0.25) is 0 Å². The summed E-state index contributed by atoms with van der Waals surface area (Å²) < 4.78 is 15.6. The maximum Gasteiger partial charge on any atom is 0.150 e. The molecule has 0 fully saturated rings. The van der Waals surface area contributed by atoms with Gasteiger partial charge in [0.25, 0.3) is 0 Å². The first-order chi connectivity index (χ1) is 9.61. The van der Waals surface area contributed by atoms with Gasteiger partial charge >= 0.3 is 0 Å². The summed E-state index contributed by atoms with van der Waals surface area (Å²) in [4.78, 5) is 11.4. The number of hydrogen-bond acceptors (Lipinski definition) is 3. The number of fused-ring (bicyclic) bond motifs is 1. The molecule has 0 aliphatic carbocycles. The van der Waals surface area contributed by atoms with Crippen LogP contribution in [0.1, 0.15) is 18.5 Å². The molecule has 1 aliphatic rings. The first-order valence-electron chi connectivity index (χ1n) is 6.03. The highest BCUT2D eigenvalue weighted by molar-refractivity contribution is 9.10. The summed E-state index contributed by atoms with van der Waals surface area (Å²) in [5.41, 5.74) is 2.16. The summed E-state index contributed by atoms with van der Waals surface area (Å²) in [7, 11) is 0. The Bertz CT molecular complexity index is 706. The van der Waals surface area contributed by atoms with Crippen molar-refractivity contribution in [1.29, 1.82) is 0 Å². The van der Waals surface area contributed by atoms with E-state index in [1.165, 1.54) is 12.1 Å². The molecule has 0 saturated carbocycles. The molecule has 0 amide bonds. The molecule has 1 unspecified atom stereocenters. The van der Waals surface area contributed by atoms with E-state index < -0.39 is 0 Å². The minimum atomic E-state index is -0.351. The monoisotopic (exact) mass is 335 g/mol. The molecule has 3 rings (SSSR count). The fourth-order valence-corrected chi connectivity index (χ4v) is 2.73. The van der Waals surface area contributed by atoms with E-state index in [1.807, 2.05) is 6.92 Å². The van der Waals surface area contributed by atoms with Crippen LogP contribution in [-0.2, 0) is 4.79 Å². The first kappa shape index (κ1) is 13.1. The van der Waals surface area contributed by atoms with Gasteiger partial charge in [-0.1, -0.05) is 12.1 Å². The third kappa shape index (κ3) is 1.96. The van der Waals surface area contributed by atoms with Crippen molar-refractivity contribution in [2.24, 2.45) is 0 Å². The van der Waals surface area contributed by atoms with Crippen LogP contribution in [0.15, 0.2) is 46.2 Å².